The Balaban J connectivity index is 2.42. The molecule has 1 aromatic heterocycles. The average Bonchev–Trinajstić information content (AvgIpc) is 2.29. The molecule has 4 nitrogen and oxygen atoms in total. The molecule has 0 unspecified atom stereocenters. The summed E-state index contributed by atoms with van der Waals surface area (Å²) in [6.45, 7) is 4.70. The van der Waals surface area contributed by atoms with E-state index in [2.05, 4.69) is 10.3 Å². The van der Waals surface area contributed by atoms with E-state index < -0.39 is 0 Å². The Kier molecular flexibility index (Phi) is 4.55. The summed E-state index contributed by atoms with van der Waals surface area (Å²) in [6, 6.07) is 1.92. The number of ether oxygens (including phenoxy) is 2. The first kappa shape index (κ1) is 12.8. The second kappa shape index (κ2) is 5.70. The Morgan fingerprint density at radius 3 is 2.75 bits per heavy atom. The molecule has 0 fully saturated rings. The molecule has 0 aromatic carbocycles. The number of anilines is 1. The molecule has 0 spiro atoms. The molecular weight excluding hydrogens is 204 g/mol. The normalized spacial score (nSPS) is 11.2. The predicted octanol–water partition coefficient (Wildman–Crippen LogP) is 2.32. The maximum absolute atomic E-state index is 5.60. The fraction of sp³-hybridized carbons (Fsp3) is 0.583. The molecule has 0 radical (unpaired) electrons. The van der Waals surface area contributed by atoms with E-state index in [1.54, 1.807) is 19.5 Å². The Bertz CT molecular complexity index is 327. The molecule has 0 bridgehead atoms. The van der Waals surface area contributed by atoms with Crippen molar-refractivity contribution in [3.05, 3.63) is 18.5 Å². The Labute approximate surface area is 97.0 Å². The third kappa shape index (κ3) is 4.06. The van der Waals surface area contributed by atoms with Gasteiger partial charge >= 0.3 is 0 Å². The summed E-state index contributed by atoms with van der Waals surface area (Å²) in [5, 5.41) is 3.02. The lowest BCUT2D eigenvalue weighted by Gasteiger charge is -2.22. The maximum atomic E-state index is 5.60. The quantitative estimate of drug-likeness (QED) is 0.805. The van der Waals surface area contributed by atoms with Crippen molar-refractivity contribution in [3.8, 4) is 5.75 Å². The van der Waals surface area contributed by atoms with Gasteiger partial charge in [0.2, 0.25) is 0 Å². The molecular formula is C12H20N2O2. The van der Waals surface area contributed by atoms with E-state index in [1.807, 2.05) is 27.0 Å². The van der Waals surface area contributed by atoms with E-state index in [9.17, 15) is 0 Å². The summed E-state index contributed by atoms with van der Waals surface area (Å²) < 4.78 is 10.9. The van der Waals surface area contributed by atoms with Gasteiger partial charge in [0.25, 0.3) is 0 Å². The van der Waals surface area contributed by atoms with Crippen molar-refractivity contribution in [1.82, 2.24) is 4.98 Å². The van der Waals surface area contributed by atoms with Gasteiger partial charge in [-0.1, -0.05) is 0 Å². The topological polar surface area (TPSA) is 43.4 Å². The fourth-order valence-corrected chi connectivity index (χ4v) is 1.15. The summed E-state index contributed by atoms with van der Waals surface area (Å²) in [5.41, 5.74) is 0.803. The van der Waals surface area contributed by atoms with Gasteiger partial charge in [-0.25, -0.2) is 0 Å². The fourth-order valence-electron chi connectivity index (χ4n) is 1.15. The molecule has 4 heteroatoms. The summed E-state index contributed by atoms with van der Waals surface area (Å²) in [6.07, 6.45) is 4.31. The summed E-state index contributed by atoms with van der Waals surface area (Å²) >= 11 is 0. The van der Waals surface area contributed by atoms with Crippen LogP contribution in [-0.2, 0) is 4.74 Å². The molecule has 0 amide bonds. The van der Waals surface area contributed by atoms with E-state index in [-0.39, 0.29) is 5.60 Å². The highest BCUT2D eigenvalue weighted by molar-refractivity contribution is 5.44. The molecule has 16 heavy (non-hydrogen) atoms. The predicted molar refractivity (Wildman–Crippen MR) is 65.0 cm³/mol. The van der Waals surface area contributed by atoms with Gasteiger partial charge in [0, 0.05) is 26.6 Å². The van der Waals surface area contributed by atoms with Crippen LogP contribution in [0.1, 0.15) is 20.3 Å². The number of hydrogen-bond acceptors (Lipinski definition) is 4. The average molecular weight is 224 g/mol. The largest absolute Gasteiger partial charge is 0.492 e. The highest BCUT2D eigenvalue weighted by Crippen LogP contribution is 2.17. The van der Waals surface area contributed by atoms with Crippen LogP contribution >= 0.6 is 0 Å². The first-order valence-corrected chi connectivity index (χ1v) is 5.38. The van der Waals surface area contributed by atoms with Crippen molar-refractivity contribution < 1.29 is 9.47 Å². The van der Waals surface area contributed by atoms with Crippen molar-refractivity contribution in [3.63, 3.8) is 0 Å². The number of nitrogens with zero attached hydrogens (tertiary/aromatic N) is 1. The van der Waals surface area contributed by atoms with Crippen LogP contribution in [0.4, 0.5) is 5.69 Å². The third-order valence-electron chi connectivity index (χ3n) is 2.53. The lowest BCUT2D eigenvalue weighted by molar-refractivity contribution is 0.00543. The van der Waals surface area contributed by atoms with E-state index in [0.29, 0.717) is 6.61 Å². The SMILES string of the molecule is CNc1cncc(OCCC(C)(C)OC)c1. The van der Waals surface area contributed by atoms with Crippen LogP contribution in [0.15, 0.2) is 18.5 Å². The molecule has 1 aromatic rings. The molecule has 1 rings (SSSR count). The number of pyridine rings is 1. The van der Waals surface area contributed by atoms with Crippen molar-refractivity contribution in [1.29, 1.82) is 0 Å². The highest BCUT2D eigenvalue weighted by atomic mass is 16.5. The molecule has 1 heterocycles. The number of aromatic nitrogens is 1. The Morgan fingerprint density at radius 1 is 1.38 bits per heavy atom. The van der Waals surface area contributed by atoms with Gasteiger partial charge < -0.3 is 14.8 Å². The molecule has 0 saturated heterocycles. The van der Waals surface area contributed by atoms with Crippen LogP contribution in [0.3, 0.4) is 0 Å². The minimum absolute atomic E-state index is 0.145. The van der Waals surface area contributed by atoms with E-state index in [1.165, 1.54) is 0 Å². The van der Waals surface area contributed by atoms with Gasteiger partial charge in [0.15, 0.2) is 0 Å². The minimum Gasteiger partial charge on any atom is -0.492 e. The van der Waals surface area contributed by atoms with Gasteiger partial charge in [-0.3, -0.25) is 4.98 Å². The number of hydrogen-bond donors (Lipinski definition) is 1. The highest BCUT2D eigenvalue weighted by Gasteiger charge is 2.15. The second-order valence-electron chi connectivity index (χ2n) is 4.22. The zero-order valence-electron chi connectivity index (χ0n) is 10.4. The van der Waals surface area contributed by atoms with Crippen LogP contribution in [0, 0.1) is 0 Å². The summed E-state index contributed by atoms with van der Waals surface area (Å²) in [4.78, 5) is 4.07. The van der Waals surface area contributed by atoms with Gasteiger partial charge in [-0.15, -0.1) is 0 Å². The molecule has 0 aliphatic rings. The number of methoxy groups -OCH3 is 1. The molecule has 1 N–H and O–H groups in total. The lowest BCUT2D eigenvalue weighted by atomic mass is 10.1. The molecule has 0 saturated carbocycles. The van der Waals surface area contributed by atoms with Gasteiger partial charge in [-0.2, -0.15) is 0 Å². The standard InChI is InChI=1S/C12H20N2O2/c1-12(2,15-4)5-6-16-11-7-10(13-3)8-14-9-11/h7-9,13H,5-6H2,1-4H3. The van der Waals surface area contributed by atoms with Crippen LogP contribution in [-0.4, -0.2) is 31.3 Å². The summed E-state index contributed by atoms with van der Waals surface area (Å²) in [5.74, 6) is 0.777. The molecule has 0 atom stereocenters. The molecule has 0 aliphatic heterocycles. The first-order chi connectivity index (χ1) is 7.57. The second-order valence-corrected chi connectivity index (χ2v) is 4.22. The van der Waals surface area contributed by atoms with Crippen LogP contribution < -0.4 is 10.1 Å². The van der Waals surface area contributed by atoms with Crippen molar-refractivity contribution in [2.45, 2.75) is 25.9 Å². The van der Waals surface area contributed by atoms with Gasteiger partial charge in [0.1, 0.15) is 5.75 Å². The maximum Gasteiger partial charge on any atom is 0.139 e. The smallest absolute Gasteiger partial charge is 0.139 e. The van der Waals surface area contributed by atoms with Gasteiger partial charge in [-0.05, 0) is 13.8 Å². The van der Waals surface area contributed by atoms with Gasteiger partial charge in [0.05, 0.1) is 30.3 Å². The van der Waals surface area contributed by atoms with Crippen LogP contribution in [0.2, 0.25) is 0 Å². The number of rotatable bonds is 6. The number of nitrogens with one attached hydrogen (secondary N) is 1. The minimum atomic E-state index is -0.145. The summed E-state index contributed by atoms with van der Waals surface area (Å²) in [7, 11) is 3.57. The van der Waals surface area contributed by atoms with E-state index in [4.69, 9.17) is 9.47 Å². The Morgan fingerprint density at radius 2 is 2.12 bits per heavy atom. The zero-order chi connectivity index (χ0) is 12.0. The Hall–Kier alpha value is -1.29. The molecule has 0 aliphatic carbocycles. The lowest BCUT2D eigenvalue weighted by Crippen LogP contribution is -2.25. The van der Waals surface area contributed by atoms with E-state index in [0.717, 1.165) is 17.9 Å². The van der Waals surface area contributed by atoms with E-state index >= 15 is 0 Å². The van der Waals surface area contributed by atoms with Crippen LogP contribution in [0.5, 0.6) is 5.75 Å². The van der Waals surface area contributed by atoms with Crippen molar-refractivity contribution in [2.24, 2.45) is 0 Å². The van der Waals surface area contributed by atoms with Crippen molar-refractivity contribution >= 4 is 5.69 Å². The molecule has 90 valence electrons. The first-order valence-electron chi connectivity index (χ1n) is 5.38. The van der Waals surface area contributed by atoms with Crippen molar-refractivity contribution in [2.75, 3.05) is 26.1 Å². The monoisotopic (exact) mass is 224 g/mol. The zero-order valence-corrected chi connectivity index (χ0v) is 10.4. The third-order valence-corrected chi connectivity index (χ3v) is 2.53. The van der Waals surface area contributed by atoms with Crippen LogP contribution in [0.25, 0.3) is 0 Å².